The molecule has 132 heavy (non-hydrogen) atoms. The van der Waals surface area contributed by atoms with Gasteiger partial charge in [0.15, 0.2) is 87.4 Å². The fourth-order valence-corrected chi connectivity index (χ4v) is 17.0. The van der Waals surface area contributed by atoms with Crippen LogP contribution in [0.25, 0.3) is 237 Å². The van der Waals surface area contributed by atoms with E-state index >= 15 is 0 Å². The monoisotopic (exact) mass is 1690 g/mol. The summed E-state index contributed by atoms with van der Waals surface area (Å²) >= 11 is 0. The first-order chi connectivity index (χ1) is 65.3. The lowest BCUT2D eigenvalue weighted by atomic mass is 9.99. The topological polar surface area (TPSA) is 251 Å². The molecule has 614 valence electrons. The van der Waals surface area contributed by atoms with E-state index in [0.29, 0.717) is 115 Å². The van der Waals surface area contributed by atoms with E-state index in [-0.39, 0.29) is 0 Å². The number of rotatable bonds is 18. The van der Waals surface area contributed by atoms with E-state index in [4.69, 9.17) is 74.8 Å². The van der Waals surface area contributed by atoms with Crippen molar-refractivity contribution >= 4 is 43.6 Å². The summed E-state index contributed by atoms with van der Waals surface area (Å²) in [6.45, 7) is 0. The van der Waals surface area contributed by atoms with Gasteiger partial charge in [-0.25, -0.2) is 74.8 Å². The van der Waals surface area contributed by atoms with Crippen LogP contribution in [0.5, 0.6) is 0 Å². The minimum absolute atomic E-state index is 0.329. The van der Waals surface area contributed by atoms with E-state index in [1.54, 1.807) is 0 Å². The molecule has 23 aromatic rings. The molecule has 0 spiro atoms. The molecule has 7 aromatic heterocycles. The number of fused-ring (bicyclic) bond motifs is 6. The molecule has 0 aliphatic rings. The highest BCUT2D eigenvalue weighted by Gasteiger charge is 2.27. The van der Waals surface area contributed by atoms with Gasteiger partial charge in [0.2, 0.25) is 0 Å². The molecule has 0 atom stereocenters. The van der Waals surface area contributed by atoms with Gasteiger partial charge in [-0.2, -0.15) is 10.5 Å². The van der Waals surface area contributed by atoms with Crippen molar-refractivity contribution in [3.63, 3.8) is 0 Å². The summed E-state index contributed by atoms with van der Waals surface area (Å²) in [6, 6.07) is 139. The summed E-state index contributed by atoms with van der Waals surface area (Å²) in [6.07, 6.45) is 0. The van der Waals surface area contributed by atoms with Gasteiger partial charge >= 0.3 is 0 Å². The van der Waals surface area contributed by atoms with Crippen LogP contribution < -0.4 is 0 Å². The fraction of sp³-hybridized carbons (Fsp3) is 0. The van der Waals surface area contributed by atoms with Crippen molar-refractivity contribution in [2.75, 3.05) is 0 Å². The van der Waals surface area contributed by atoms with Crippen LogP contribution in [0.1, 0.15) is 11.1 Å². The van der Waals surface area contributed by atoms with E-state index < -0.39 is 0 Å². The van der Waals surface area contributed by atoms with Crippen LogP contribution in [-0.2, 0) is 0 Å². The number of hydrogen-bond donors (Lipinski definition) is 0. The molecule has 19 heteroatoms. The summed E-state index contributed by atoms with van der Waals surface area (Å²) in [5, 5.41) is 25.6. The van der Waals surface area contributed by atoms with Crippen LogP contribution >= 0.6 is 0 Å². The maximum Gasteiger partial charge on any atom is 0.164 e. The second kappa shape index (κ2) is 33.6. The Labute approximate surface area is 756 Å². The molecule has 0 aliphatic heterocycles. The Bertz CT molecular complexity index is 7900. The lowest BCUT2D eigenvalue weighted by Gasteiger charge is -2.17. The fourth-order valence-electron chi connectivity index (χ4n) is 17.0. The zero-order valence-electron chi connectivity index (χ0n) is 70.2. The van der Waals surface area contributed by atoms with Gasteiger partial charge in [-0.3, -0.25) is 0 Å². The molecule has 0 N–H and O–H groups in total. The van der Waals surface area contributed by atoms with Crippen LogP contribution in [0, 0.1) is 22.7 Å². The Morgan fingerprint density at radius 3 is 0.576 bits per heavy atom. The van der Waals surface area contributed by atoms with Gasteiger partial charge in [0.25, 0.3) is 0 Å². The van der Waals surface area contributed by atoms with Gasteiger partial charge < -0.3 is 9.13 Å². The van der Waals surface area contributed by atoms with Gasteiger partial charge in [-0.05, 0) is 127 Å². The quantitative estimate of drug-likeness (QED) is 0.0774. The Balaban J connectivity index is 0.691. The molecule has 7 heterocycles. The molecule has 0 aliphatic carbocycles. The first-order valence-corrected chi connectivity index (χ1v) is 42.9. The van der Waals surface area contributed by atoms with Crippen LogP contribution in [0.3, 0.4) is 0 Å². The minimum Gasteiger partial charge on any atom is -0.309 e. The van der Waals surface area contributed by atoms with Crippen molar-refractivity contribution in [2.24, 2.45) is 0 Å². The van der Waals surface area contributed by atoms with Gasteiger partial charge in [0.05, 0.1) is 50.6 Å². The van der Waals surface area contributed by atoms with Crippen molar-refractivity contribution in [1.82, 2.24) is 83.9 Å². The van der Waals surface area contributed by atoms with Crippen LogP contribution in [-0.4, -0.2) is 83.9 Å². The first-order valence-electron chi connectivity index (χ1n) is 42.9. The van der Waals surface area contributed by atoms with Crippen LogP contribution in [0.15, 0.2) is 406 Å². The van der Waals surface area contributed by atoms with Gasteiger partial charge in [-0.1, -0.05) is 285 Å². The summed E-state index contributed by atoms with van der Waals surface area (Å²) in [5.74, 6) is 7.29. The molecule has 0 amide bonds. The number of nitrogens with zero attached hydrogens (tertiary/aromatic N) is 19. The molecule has 0 saturated heterocycles. The zero-order chi connectivity index (χ0) is 88.0. The summed E-state index contributed by atoms with van der Waals surface area (Å²) < 4.78 is 4.40. The lowest BCUT2D eigenvalue weighted by Crippen LogP contribution is -2.03. The third-order valence-corrected chi connectivity index (χ3v) is 23.5. The maximum absolute atomic E-state index is 11.8. The number of hydrogen-bond acceptors (Lipinski definition) is 17. The predicted octanol–water partition coefficient (Wildman–Crippen LogP) is 25.2. The molecule has 0 saturated carbocycles. The van der Waals surface area contributed by atoms with E-state index in [0.717, 1.165) is 133 Å². The smallest absolute Gasteiger partial charge is 0.164 e. The van der Waals surface area contributed by atoms with E-state index in [2.05, 4.69) is 94.1 Å². The number of nitriles is 2. The Morgan fingerprint density at radius 1 is 0.159 bits per heavy atom. The van der Waals surface area contributed by atoms with Gasteiger partial charge in [-0.15, -0.1) is 0 Å². The standard InChI is InChI=1S/C113H67N19/c114-68-70-46-48-71(49-47-70)88-63-82(51-57-94(88)132-97-60-54-85(112-125-103(76-36-18-5-19-37-76)118-104(126-112)77-38-20-6-21-39-77)66-91(97)92-67-86(55-61-98(92)132)113-127-105(78-40-22-7-23-41-78)119-106(128-113)79-42-24-8-25-43-79)109-129-107(80-44-26-9-27-45-80)120-108(130-109)81-50-56-93(87(62-81)69-115)131-95-58-52-83(110-121-99(72-28-10-1-11-29-72)116-100(122-110)73-30-12-2-13-31-73)64-89(95)90-65-84(53-59-96(90)131)111-123-101(74-32-14-3-15-33-74)117-102(124-111)75-34-16-4-17-35-75/h1-67H. The summed E-state index contributed by atoms with van der Waals surface area (Å²) in [7, 11) is 0. The Hall–Kier alpha value is -18.9. The molecule has 16 aromatic carbocycles. The van der Waals surface area contributed by atoms with Crippen molar-refractivity contribution < 1.29 is 0 Å². The lowest BCUT2D eigenvalue weighted by molar-refractivity contribution is 1.07. The van der Waals surface area contributed by atoms with Crippen LogP contribution in [0.2, 0.25) is 0 Å². The molecule has 0 radical (unpaired) electrons. The third-order valence-electron chi connectivity index (χ3n) is 23.5. The summed E-state index contributed by atoms with van der Waals surface area (Å²) in [5.41, 5.74) is 19.0. The maximum atomic E-state index is 11.8. The van der Waals surface area contributed by atoms with E-state index in [1.807, 2.05) is 334 Å². The largest absolute Gasteiger partial charge is 0.309 e. The molecule has 0 unspecified atom stereocenters. The van der Waals surface area contributed by atoms with Crippen molar-refractivity contribution in [1.29, 1.82) is 10.5 Å². The average Bonchev–Trinajstić information content (AvgIpc) is 1.57. The Kier molecular flexibility index (Phi) is 19.8. The number of benzene rings is 16. The highest BCUT2D eigenvalue weighted by Crippen LogP contribution is 2.45. The molecule has 0 fully saturated rings. The second-order valence-electron chi connectivity index (χ2n) is 31.7. The normalized spacial score (nSPS) is 11.3. The molecule has 0 bridgehead atoms. The molecule has 23 rings (SSSR count). The summed E-state index contributed by atoms with van der Waals surface area (Å²) in [4.78, 5) is 77.9. The SMILES string of the molecule is N#Cc1ccc(-c2cc(-c3nc(-c4ccccc4)nc(-c4ccc(-n5c6ccc(-c7nc(-c8ccccc8)nc(-c8ccccc8)n7)cc6c6cc(-c7nc(-c8ccccc8)nc(-c8ccccc8)n7)ccc65)c(C#N)c4)n3)ccc2-n2c3ccc(-c4nc(-c5ccccc5)nc(-c5ccccc5)n4)cc3c3cc(-c4nc(-c5ccccc5)nc(-c5ccccc5)n4)ccc32)cc1. The Morgan fingerprint density at radius 2 is 0.348 bits per heavy atom. The third kappa shape index (κ3) is 14.9. The van der Waals surface area contributed by atoms with Crippen LogP contribution in [0.4, 0.5) is 0 Å². The average molecular weight is 1690 g/mol. The zero-order valence-corrected chi connectivity index (χ0v) is 70.2. The highest BCUT2D eigenvalue weighted by atomic mass is 15.1. The van der Waals surface area contributed by atoms with Crippen molar-refractivity contribution in [2.45, 2.75) is 0 Å². The number of aromatic nitrogens is 17. The predicted molar refractivity (Wildman–Crippen MR) is 518 cm³/mol. The van der Waals surface area contributed by atoms with Gasteiger partial charge in [0.1, 0.15) is 6.07 Å². The highest BCUT2D eigenvalue weighted by molar-refractivity contribution is 6.13. The van der Waals surface area contributed by atoms with Gasteiger partial charge in [0, 0.05) is 111 Å². The van der Waals surface area contributed by atoms with E-state index in [9.17, 15) is 10.5 Å². The van der Waals surface area contributed by atoms with Crippen molar-refractivity contribution in [3.8, 4) is 205 Å². The first kappa shape index (κ1) is 77.9. The minimum atomic E-state index is 0.329. The molecular formula is C113H67N19. The van der Waals surface area contributed by atoms with Crippen molar-refractivity contribution in [3.05, 3.63) is 418 Å². The molecular weight excluding hydrogens is 1620 g/mol. The molecule has 19 nitrogen and oxygen atoms in total. The van der Waals surface area contributed by atoms with E-state index in [1.165, 1.54) is 0 Å². The second-order valence-corrected chi connectivity index (χ2v) is 31.7.